The third-order valence-electron chi connectivity index (χ3n) is 4.76. The summed E-state index contributed by atoms with van der Waals surface area (Å²) in [6, 6.07) is 13.2. The molecule has 148 valence electrons. The fraction of sp³-hybridized carbons (Fsp3) is 0.364. The zero-order chi connectivity index (χ0) is 20.1. The number of hydrogen-bond donors (Lipinski definition) is 2. The van der Waals surface area contributed by atoms with Crippen molar-refractivity contribution in [2.24, 2.45) is 0 Å². The van der Waals surface area contributed by atoms with E-state index in [0.717, 1.165) is 17.0 Å². The molecule has 0 aromatic heterocycles. The number of nitrogens with one attached hydrogen (secondary N) is 2. The summed E-state index contributed by atoms with van der Waals surface area (Å²) in [7, 11) is 0. The number of anilines is 2. The number of nitrogens with zero attached hydrogens (tertiary/aromatic N) is 1. The number of carbonyl (C=O) groups excluding carboxylic acids is 2. The standard InChI is InChI=1S/C22H27N3O3/c1-4-25-20-11-8-18(13-17(20)7-12-21(25)26)24-22(27)23-14-16(3)28-19-9-5-15(2)6-10-19/h5-6,8-11,13,16H,4,7,12,14H2,1-3H3,(H2,23,24,27). The van der Waals surface area contributed by atoms with E-state index in [1.807, 2.05) is 63.2 Å². The van der Waals surface area contributed by atoms with Crippen LogP contribution >= 0.6 is 0 Å². The lowest BCUT2D eigenvalue weighted by Gasteiger charge is -2.28. The van der Waals surface area contributed by atoms with Gasteiger partial charge in [-0.3, -0.25) is 4.79 Å². The number of ether oxygens (including phenoxy) is 1. The van der Waals surface area contributed by atoms with Gasteiger partial charge in [-0.15, -0.1) is 0 Å². The highest BCUT2D eigenvalue weighted by Crippen LogP contribution is 2.30. The average molecular weight is 381 g/mol. The number of fused-ring (bicyclic) bond motifs is 1. The van der Waals surface area contributed by atoms with Gasteiger partial charge in [0, 0.05) is 24.3 Å². The number of hydrogen-bond acceptors (Lipinski definition) is 3. The molecule has 0 saturated carbocycles. The smallest absolute Gasteiger partial charge is 0.319 e. The molecule has 0 spiro atoms. The molecule has 2 N–H and O–H groups in total. The van der Waals surface area contributed by atoms with Gasteiger partial charge in [-0.25, -0.2) is 4.79 Å². The Bertz CT molecular complexity index is 849. The minimum atomic E-state index is -0.279. The van der Waals surface area contributed by atoms with E-state index in [1.54, 1.807) is 4.90 Å². The predicted octanol–water partition coefficient (Wildman–Crippen LogP) is 3.88. The number of aryl methyl sites for hydroxylation is 2. The minimum absolute atomic E-state index is 0.149. The Morgan fingerprint density at radius 2 is 1.93 bits per heavy atom. The molecule has 6 heteroatoms. The SMILES string of the molecule is CCN1C(=O)CCc2cc(NC(=O)NCC(C)Oc3ccc(C)cc3)ccc21. The predicted molar refractivity (Wildman–Crippen MR) is 111 cm³/mol. The highest BCUT2D eigenvalue weighted by Gasteiger charge is 2.23. The molecule has 2 aromatic carbocycles. The topological polar surface area (TPSA) is 70.7 Å². The summed E-state index contributed by atoms with van der Waals surface area (Å²) < 4.78 is 5.80. The van der Waals surface area contributed by atoms with Gasteiger partial charge in [0.2, 0.25) is 5.91 Å². The summed E-state index contributed by atoms with van der Waals surface area (Å²) >= 11 is 0. The van der Waals surface area contributed by atoms with Crippen molar-refractivity contribution in [3.8, 4) is 5.75 Å². The molecule has 3 rings (SSSR count). The van der Waals surface area contributed by atoms with E-state index in [2.05, 4.69) is 10.6 Å². The van der Waals surface area contributed by atoms with Crippen molar-refractivity contribution in [3.05, 3.63) is 53.6 Å². The summed E-state index contributed by atoms with van der Waals surface area (Å²) in [5.74, 6) is 0.932. The molecular formula is C22H27N3O3. The first-order chi connectivity index (χ1) is 13.5. The van der Waals surface area contributed by atoms with Crippen molar-refractivity contribution in [2.75, 3.05) is 23.3 Å². The largest absolute Gasteiger partial charge is 0.489 e. The molecule has 2 aromatic rings. The Balaban J connectivity index is 1.52. The summed E-state index contributed by atoms with van der Waals surface area (Å²) in [6.45, 7) is 6.94. The number of rotatable bonds is 6. The van der Waals surface area contributed by atoms with Gasteiger partial charge in [0.25, 0.3) is 0 Å². The third kappa shape index (κ3) is 4.82. The van der Waals surface area contributed by atoms with E-state index >= 15 is 0 Å². The molecule has 3 amide bonds. The first kappa shape index (κ1) is 19.7. The van der Waals surface area contributed by atoms with Gasteiger partial charge >= 0.3 is 6.03 Å². The molecule has 0 bridgehead atoms. The zero-order valence-electron chi connectivity index (χ0n) is 16.6. The molecule has 1 unspecified atom stereocenters. The Morgan fingerprint density at radius 1 is 1.18 bits per heavy atom. The molecule has 1 aliphatic heterocycles. The second-order valence-corrected chi connectivity index (χ2v) is 7.06. The summed E-state index contributed by atoms with van der Waals surface area (Å²) in [5, 5.41) is 5.68. The van der Waals surface area contributed by atoms with Crippen molar-refractivity contribution >= 4 is 23.3 Å². The van der Waals surface area contributed by atoms with Gasteiger partial charge in [0.15, 0.2) is 0 Å². The first-order valence-corrected chi connectivity index (χ1v) is 9.67. The maximum Gasteiger partial charge on any atom is 0.319 e. The number of urea groups is 1. The van der Waals surface area contributed by atoms with Crippen LogP contribution in [0.4, 0.5) is 16.2 Å². The molecule has 6 nitrogen and oxygen atoms in total. The van der Waals surface area contributed by atoms with Crippen molar-refractivity contribution < 1.29 is 14.3 Å². The molecule has 0 radical (unpaired) electrons. The zero-order valence-corrected chi connectivity index (χ0v) is 16.6. The molecule has 1 aliphatic rings. The van der Waals surface area contributed by atoms with Gasteiger partial charge in [0.05, 0.1) is 6.54 Å². The molecule has 28 heavy (non-hydrogen) atoms. The van der Waals surface area contributed by atoms with Gasteiger partial charge in [-0.05, 0) is 63.1 Å². The fourth-order valence-corrected chi connectivity index (χ4v) is 3.29. The summed E-state index contributed by atoms with van der Waals surface area (Å²) in [5.41, 5.74) is 3.91. The van der Waals surface area contributed by atoms with E-state index in [1.165, 1.54) is 5.56 Å². The first-order valence-electron chi connectivity index (χ1n) is 9.67. The Labute approximate surface area is 165 Å². The van der Waals surface area contributed by atoms with E-state index in [9.17, 15) is 9.59 Å². The number of benzene rings is 2. The quantitative estimate of drug-likeness (QED) is 0.798. The van der Waals surface area contributed by atoms with Crippen LogP contribution in [0.25, 0.3) is 0 Å². The van der Waals surface area contributed by atoms with E-state index in [-0.39, 0.29) is 18.0 Å². The summed E-state index contributed by atoms with van der Waals surface area (Å²) in [4.78, 5) is 26.0. The maximum absolute atomic E-state index is 12.2. The minimum Gasteiger partial charge on any atom is -0.489 e. The van der Waals surface area contributed by atoms with Gasteiger partial charge in [-0.1, -0.05) is 17.7 Å². The second-order valence-electron chi connectivity index (χ2n) is 7.06. The van der Waals surface area contributed by atoms with Crippen LogP contribution in [0.15, 0.2) is 42.5 Å². The molecule has 0 aliphatic carbocycles. The second kappa shape index (κ2) is 8.78. The van der Waals surface area contributed by atoms with Crippen molar-refractivity contribution in [2.45, 2.75) is 39.7 Å². The van der Waals surface area contributed by atoms with Crippen LogP contribution in [0.5, 0.6) is 5.75 Å². The van der Waals surface area contributed by atoms with Crippen LogP contribution in [0.3, 0.4) is 0 Å². The maximum atomic E-state index is 12.2. The van der Waals surface area contributed by atoms with Crippen molar-refractivity contribution in [3.63, 3.8) is 0 Å². The highest BCUT2D eigenvalue weighted by molar-refractivity contribution is 5.97. The van der Waals surface area contributed by atoms with Crippen molar-refractivity contribution in [1.29, 1.82) is 0 Å². The lowest BCUT2D eigenvalue weighted by Crippen LogP contribution is -2.36. The average Bonchev–Trinajstić information content (AvgIpc) is 2.68. The Hall–Kier alpha value is -3.02. The Morgan fingerprint density at radius 3 is 2.64 bits per heavy atom. The van der Waals surface area contributed by atoms with Crippen LogP contribution in [0, 0.1) is 6.92 Å². The van der Waals surface area contributed by atoms with E-state index < -0.39 is 0 Å². The number of carbonyl (C=O) groups is 2. The van der Waals surface area contributed by atoms with Crippen LogP contribution in [-0.4, -0.2) is 31.1 Å². The third-order valence-corrected chi connectivity index (χ3v) is 4.76. The van der Waals surface area contributed by atoms with Crippen LogP contribution in [0.2, 0.25) is 0 Å². The van der Waals surface area contributed by atoms with E-state index in [4.69, 9.17) is 4.74 Å². The molecule has 0 fully saturated rings. The summed E-state index contributed by atoms with van der Waals surface area (Å²) in [6.07, 6.45) is 1.05. The van der Waals surface area contributed by atoms with Gasteiger partial charge < -0.3 is 20.3 Å². The lowest BCUT2D eigenvalue weighted by atomic mass is 10.0. The lowest BCUT2D eigenvalue weighted by molar-refractivity contribution is -0.118. The van der Waals surface area contributed by atoms with Crippen LogP contribution < -0.4 is 20.3 Å². The monoisotopic (exact) mass is 381 g/mol. The molecular weight excluding hydrogens is 354 g/mol. The normalized spacial score (nSPS) is 14.2. The highest BCUT2D eigenvalue weighted by atomic mass is 16.5. The molecule has 1 heterocycles. The fourth-order valence-electron chi connectivity index (χ4n) is 3.29. The Kier molecular flexibility index (Phi) is 6.19. The van der Waals surface area contributed by atoms with Crippen LogP contribution in [-0.2, 0) is 11.2 Å². The molecule has 0 saturated heterocycles. The van der Waals surface area contributed by atoms with Crippen LogP contribution in [0.1, 0.15) is 31.4 Å². The van der Waals surface area contributed by atoms with Crippen molar-refractivity contribution in [1.82, 2.24) is 5.32 Å². The number of amides is 3. The van der Waals surface area contributed by atoms with Gasteiger partial charge in [0.1, 0.15) is 11.9 Å². The van der Waals surface area contributed by atoms with E-state index in [0.29, 0.717) is 31.6 Å². The van der Waals surface area contributed by atoms with Gasteiger partial charge in [-0.2, -0.15) is 0 Å². The molecule has 1 atom stereocenters.